The van der Waals surface area contributed by atoms with Gasteiger partial charge in [-0.15, -0.1) is 10.2 Å². The van der Waals surface area contributed by atoms with Gasteiger partial charge in [0.1, 0.15) is 12.4 Å². The molecular weight excluding hydrogens is 422 g/mol. The number of hydrogen-bond acceptors (Lipinski definition) is 5. The topological polar surface area (TPSA) is 92.8 Å². The molecule has 0 saturated carbocycles. The van der Waals surface area contributed by atoms with Crippen molar-refractivity contribution >= 4 is 45.2 Å². The van der Waals surface area contributed by atoms with Gasteiger partial charge in [0.2, 0.25) is 5.82 Å². The first-order valence-electron chi connectivity index (χ1n) is 7.58. The van der Waals surface area contributed by atoms with Crippen molar-refractivity contribution in [2.45, 2.75) is 0 Å². The second kappa shape index (κ2) is 6.89. The van der Waals surface area contributed by atoms with Crippen molar-refractivity contribution in [2.75, 3.05) is 11.9 Å². The number of rotatable bonds is 3. The molecule has 0 radical (unpaired) electrons. The lowest BCUT2D eigenvalue weighted by Crippen LogP contribution is -2.21. The summed E-state index contributed by atoms with van der Waals surface area (Å²) < 4.78 is 6.47. The van der Waals surface area contributed by atoms with Crippen LogP contribution in [-0.4, -0.2) is 33.1 Å². The minimum absolute atomic E-state index is 0.175. The zero-order valence-electron chi connectivity index (χ0n) is 13.2. The van der Waals surface area contributed by atoms with Gasteiger partial charge in [0.25, 0.3) is 5.91 Å². The summed E-state index contributed by atoms with van der Waals surface area (Å²) in [6.45, 7) is 0.175. The molecule has 7 nitrogen and oxygen atoms in total. The second-order valence-electron chi connectivity index (χ2n) is 5.52. The van der Waals surface area contributed by atoms with Gasteiger partial charge in [-0.25, -0.2) is 0 Å². The highest BCUT2D eigenvalue weighted by Crippen LogP contribution is 2.31. The Bertz CT molecular complexity index is 1020. The van der Waals surface area contributed by atoms with Gasteiger partial charge in [-0.05, 0) is 47.7 Å². The third kappa shape index (κ3) is 3.33. The molecule has 0 atom stereocenters. The van der Waals surface area contributed by atoms with Crippen LogP contribution in [0.3, 0.4) is 0 Å². The van der Waals surface area contributed by atoms with Crippen LogP contribution in [0.4, 0.5) is 5.69 Å². The Morgan fingerprint density at radius 2 is 2.15 bits per heavy atom. The predicted molar refractivity (Wildman–Crippen MR) is 101 cm³/mol. The number of nitrogens with zero attached hydrogens (tertiary/aromatic N) is 3. The molecule has 2 N–H and O–H groups in total. The van der Waals surface area contributed by atoms with Crippen molar-refractivity contribution in [1.82, 2.24) is 20.6 Å². The van der Waals surface area contributed by atoms with E-state index in [0.717, 1.165) is 10.0 Å². The van der Waals surface area contributed by atoms with Crippen molar-refractivity contribution in [1.29, 1.82) is 0 Å². The number of amides is 1. The predicted octanol–water partition coefficient (Wildman–Crippen LogP) is 3.70. The van der Waals surface area contributed by atoms with Gasteiger partial charge in [0, 0.05) is 20.6 Å². The van der Waals surface area contributed by atoms with E-state index in [-0.39, 0.29) is 12.5 Å². The highest BCUT2D eigenvalue weighted by atomic mass is 79.9. The number of fused-ring (bicyclic) bond motifs is 1. The number of hydrogen-bond donors (Lipinski definition) is 2. The van der Waals surface area contributed by atoms with E-state index < -0.39 is 0 Å². The van der Waals surface area contributed by atoms with Crippen LogP contribution in [0.15, 0.2) is 46.4 Å². The van der Waals surface area contributed by atoms with Crippen LogP contribution < -0.4 is 10.1 Å². The normalized spacial score (nSPS) is 12.8. The maximum Gasteiger partial charge on any atom is 0.255 e. The first-order chi connectivity index (χ1) is 12.6. The smallest absolute Gasteiger partial charge is 0.255 e. The molecule has 1 aliphatic heterocycles. The fraction of sp³-hybridized carbons (Fsp3) is 0.0588. The van der Waals surface area contributed by atoms with E-state index in [4.69, 9.17) is 16.3 Å². The Kier molecular flexibility index (Phi) is 4.44. The molecule has 0 aliphatic carbocycles. The van der Waals surface area contributed by atoms with E-state index in [1.807, 2.05) is 6.07 Å². The summed E-state index contributed by atoms with van der Waals surface area (Å²) in [5, 5.41) is 17.4. The number of nitrogens with one attached hydrogen (secondary N) is 2. The molecule has 0 fully saturated rings. The quantitative estimate of drug-likeness (QED) is 0.658. The largest absolute Gasteiger partial charge is 0.488 e. The Balaban J connectivity index is 1.64. The van der Waals surface area contributed by atoms with Crippen molar-refractivity contribution in [2.24, 2.45) is 0 Å². The molecule has 2 aromatic carbocycles. The zero-order valence-corrected chi connectivity index (χ0v) is 15.5. The molecule has 26 heavy (non-hydrogen) atoms. The summed E-state index contributed by atoms with van der Waals surface area (Å²) in [6.07, 6.45) is 1.77. The molecule has 0 saturated heterocycles. The van der Waals surface area contributed by atoms with Crippen molar-refractivity contribution < 1.29 is 9.53 Å². The van der Waals surface area contributed by atoms with Crippen LogP contribution in [0.2, 0.25) is 5.02 Å². The van der Waals surface area contributed by atoms with Crippen molar-refractivity contribution in [3.05, 3.63) is 57.0 Å². The Morgan fingerprint density at radius 3 is 2.96 bits per heavy atom. The monoisotopic (exact) mass is 431 g/mol. The van der Waals surface area contributed by atoms with E-state index in [1.54, 1.807) is 36.4 Å². The minimum atomic E-state index is -0.275. The molecule has 4 rings (SSSR count). The maximum atomic E-state index is 12.7. The van der Waals surface area contributed by atoms with Gasteiger partial charge >= 0.3 is 0 Å². The lowest BCUT2D eigenvalue weighted by molar-refractivity contribution is -0.113. The number of carbonyl (C=O) groups is 1. The van der Waals surface area contributed by atoms with Gasteiger partial charge in [-0.2, -0.15) is 5.21 Å². The van der Waals surface area contributed by atoms with E-state index in [1.165, 1.54) is 0 Å². The SMILES string of the molecule is O=C(Nc1ccc(Br)cc1-c1nn[nH]n1)C1=Cc2cc(Cl)ccc2OC1. The van der Waals surface area contributed by atoms with E-state index >= 15 is 0 Å². The van der Waals surface area contributed by atoms with Crippen LogP contribution in [0.5, 0.6) is 5.75 Å². The van der Waals surface area contributed by atoms with E-state index in [0.29, 0.717) is 33.4 Å². The van der Waals surface area contributed by atoms with Gasteiger partial charge < -0.3 is 10.1 Å². The molecule has 0 bridgehead atoms. The molecule has 130 valence electrons. The van der Waals surface area contributed by atoms with E-state index in [9.17, 15) is 4.79 Å². The second-order valence-corrected chi connectivity index (χ2v) is 6.87. The first-order valence-corrected chi connectivity index (χ1v) is 8.75. The number of anilines is 1. The average Bonchev–Trinajstić information content (AvgIpc) is 3.17. The van der Waals surface area contributed by atoms with Crippen LogP contribution in [0, 0.1) is 0 Å². The summed E-state index contributed by atoms with van der Waals surface area (Å²) in [5.74, 6) is 0.803. The van der Waals surface area contributed by atoms with Crippen LogP contribution in [0.1, 0.15) is 5.56 Å². The number of aromatic nitrogens is 4. The summed E-state index contributed by atoms with van der Waals surface area (Å²) in [7, 11) is 0. The Labute approximate surface area is 161 Å². The first kappa shape index (κ1) is 16.7. The number of ether oxygens (including phenoxy) is 1. The summed E-state index contributed by atoms with van der Waals surface area (Å²) in [5.41, 5.74) is 2.46. The van der Waals surface area contributed by atoms with Crippen molar-refractivity contribution in [3.8, 4) is 17.1 Å². The number of carbonyl (C=O) groups excluding carboxylic acids is 1. The number of aromatic amines is 1. The zero-order chi connectivity index (χ0) is 18.1. The fourth-order valence-corrected chi connectivity index (χ4v) is 3.11. The van der Waals surface area contributed by atoms with Gasteiger partial charge in [-0.1, -0.05) is 27.5 Å². The van der Waals surface area contributed by atoms with Gasteiger partial charge in [0.15, 0.2) is 0 Å². The lowest BCUT2D eigenvalue weighted by Gasteiger charge is -2.18. The Hall–Kier alpha value is -2.71. The fourth-order valence-electron chi connectivity index (χ4n) is 2.57. The molecule has 1 amide bonds. The van der Waals surface area contributed by atoms with Crippen LogP contribution >= 0.6 is 27.5 Å². The molecule has 0 spiro atoms. The molecule has 9 heteroatoms. The van der Waals surface area contributed by atoms with Crippen LogP contribution in [0.25, 0.3) is 17.5 Å². The lowest BCUT2D eigenvalue weighted by atomic mass is 10.1. The summed E-state index contributed by atoms with van der Waals surface area (Å²) >= 11 is 9.42. The summed E-state index contributed by atoms with van der Waals surface area (Å²) in [6, 6.07) is 10.7. The number of tetrazole rings is 1. The molecule has 2 heterocycles. The van der Waals surface area contributed by atoms with Crippen LogP contribution in [-0.2, 0) is 4.79 Å². The highest BCUT2D eigenvalue weighted by Gasteiger charge is 2.19. The number of benzene rings is 2. The Morgan fingerprint density at radius 1 is 1.27 bits per heavy atom. The minimum Gasteiger partial charge on any atom is -0.488 e. The summed E-state index contributed by atoms with van der Waals surface area (Å²) in [4.78, 5) is 12.7. The maximum absolute atomic E-state index is 12.7. The molecular formula is C17H11BrClN5O2. The molecule has 1 aliphatic rings. The molecule has 3 aromatic rings. The number of halogens is 2. The third-order valence-electron chi connectivity index (χ3n) is 3.79. The highest BCUT2D eigenvalue weighted by molar-refractivity contribution is 9.10. The van der Waals surface area contributed by atoms with Gasteiger partial charge in [-0.3, -0.25) is 4.79 Å². The molecule has 1 aromatic heterocycles. The van der Waals surface area contributed by atoms with Gasteiger partial charge in [0.05, 0.1) is 11.3 Å². The standard InChI is InChI=1S/C17H11BrClN5O2/c18-11-1-3-14(13(7-11)16-21-23-24-22-16)20-17(25)10-5-9-6-12(19)2-4-15(9)26-8-10/h1-7H,8H2,(H,20,25)(H,21,22,23,24). The van der Waals surface area contributed by atoms with E-state index in [2.05, 4.69) is 41.9 Å². The molecule has 0 unspecified atom stereocenters. The third-order valence-corrected chi connectivity index (χ3v) is 4.52. The average molecular weight is 433 g/mol. The number of H-pyrrole nitrogens is 1. The van der Waals surface area contributed by atoms with Crippen molar-refractivity contribution in [3.63, 3.8) is 0 Å².